The minimum absolute atomic E-state index is 0.784. The van der Waals surface area contributed by atoms with E-state index in [1.54, 1.807) is 11.1 Å². The summed E-state index contributed by atoms with van der Waals surface area (Å²) in [6.45, 7) is 6.86. The zero-order valence-corrected chi connectivity index (χ0v) is 12.1. The molecule has 2 saturated heterocycles. The number of likely N-dealkylation sites (tertiary alicyclic amines) is 1. The maximum Gasteiger partial charge on any atom is 0.0480 e. The van der Waals surface area contributed by atoms with Crippen LogP contribution in [0.25, 0.3) is 0 Å². The molecule has 0 aliphatic carbocycles. The van der Waals surface area contributed by atoms with Crippen LogP contribution in [0.1, 0.15) is 24.0 Å². The van der Waals surface area contributed by atoms with Gasteiger partial charge in [0.1, 0.15) is 0 Å². The lowest BCUT2D eigenvalue weighted by Crippen LogP contribution is -2.63. The fourth-order valence-electron chi connectivity index (χ4n) is 3.90. The van der Waals surface area contributed by atoms with Crippen molar-refractivity contribution in [3.8, 4) is 0 Å². The van der Waals surface area contributed by atoms with E-state index in [4.69, 9.17) is 4.74 Å². The first-order chi connectivity index (χ1) is 9.90. The number of fused-ring (bicyclic) bond motifs is 1. The fourth-order valence-corrected chi connectivity index (χ4v) is 3.90. The molecule has 3 heteroatoms. The highest BCUT2D eigenvalue weighted by Gasteiger charge is 2.37. The molecule has 1 aromatic carbocycles. The van der Waals surface area contributed by atoms with Crippen molar-refractivity contribution in [2.75, 3.05) is 32.8 Å². The molecule has 0 spiro atoms. The van der Waals surface area contributed by atoms with Crippen molar-refractivity contribution < 1.29 is 4.74 Å². The van der Waals surface area contributed by atoms with Gasteiger partial charge in [0.2, 0.25) is 0 Å². The molecular weight excluding hydrogens is 248 g/mol. The van der Waals surface area contributed by atoms with Gasteiger partial charge in [-0.05, 0) is 30.4 Å². The van der Waals surface area contributed by atoms with E-state index in [2.05, 4.69) is 34.1 Å². The van der Waals surface area contributed by atoms with E-state index in [1.807, 2.05) is 0 Å². The van der Waals surface area contributed by atoms with Crippen LogP contribution in [0.15, 0.2) is 24.3 Å². The second-order valence-electron chi connectivity index (χ2n) is 6.44. The first-order valence-electron chi connectivity index (χ1n) is 8.03. The first kappa shape index (κ1) is 12.8. The topological polar surface area (TPSA) is 15.7 Å². The smallest absolute Gasteiger partial charge is 0.0480 e. The molecule has 0 saturated carbocycles. The Morgan fingerprint density at radius 2 is 1.65 bits per heavy atom. The van der Waals surface area contributed by atoms with Crippen molar-refractivity contribution in [3.05, 3.63) is 35.4 Å². The Labute approximate surface area is 121 Å². The molecule has 2 fully saturated rings. The third kappa shape index (κ3) is 2.39. The van der Waals surface area contributed by atoms with E-state index < -0.39 is 0 Å². The summed E-state index contributed by atoms with van der Waals surface area (Å²) in [5.41, 5.74) is 3.10. The van der Waals surface area contributed by atoms with Crippen molar-refractivity contribution in [2.45, 2.75) is 37.9 Å². The lowest BCUT2D eigenvalue weighted by atomic mass is 9.94. The van der Waals surface area contributed by atoms with Gasteiger partial charge in [0.05, 0.1) is 0 Å². The highest BCUT2D eigenvalue weighted by molar-refractivity contribution is 5.29. The highest BCUT2D eigenvalue weighted by atomic mass is 16.5. The Morgan fingerprint density at radius 1 is 0.900 bits per heavy atom. The molecule has 0 aromatic heterocycles. The second kappa shape index (κ2) is 5.47. The molecule has 3 aliphatic rings. The van der Waals surface area contributed by atoms with Crippen LogP contribution in [0, 0.1) is 0 Å². The van der Waals surface area contributed by atoms with Crippen molar-refractivity contribution in [1.82, 2.24) is 9.80 Å². The normalized spacial score (nSPS) is 26.2. The zero-order chi connectivity index (χ0) is 13.4. The fraction of sp³-hybridized carbons (Fsp3) is 0.647. The van der Waals surface area contributed by atoms with Crippen LogP contribution in [0.3, 0.4) is 0 Å². The van der Waals surface area contributed by atoms with Gasteiger partial charge in [0.15, 0.2) is 0 Å². The Balaban J connectivity index is 1.33. The van der Waals surface area contributed by atoms with Gasteiger partial charge in [-0.15, -0.1) is 0 Å². The van der Waals surface area contributed by atoms with Gasteiger partial charge in [-0.25, -0.2) is 0 Å². The van der Waals surface area contributed by atoms with Crippen LogP contribution in [0.5, 0.6) is 0 Å². The van der Waals surface area contributed by atoms with Crippen LogP contribution in [-0.4, -0.2) is 54.7 Å². The maximum atomic E-state index is 5.46. The van der Waals surface area contributed by atoms with Gasteiger partial charge in [0.25, 0.3) is 0 Å². The minimum atomic E-state index is 0.784. The van der Waals surface area contributed by atoms with Gasteiger partial charge >= 0.3 is 0 Å². The molecule has 0 N–H and O–H groups in total. The standard InChI is InChI=1S/C17H24N2O/c1-2-4-15-11-18(8-5-14(15)3-1)17-12-19(13-17)16-6-9-20-10-7-16/h1-4,16-17H,5-13H2. The zero-order valence-electron chi connectivity index (χ0n) is 12.1. The van der Waals surface area contributed by atoms with Gasteiger partial charge in [-0.3, -0.25) is 9.80 Å². The summed E-state index contributed by atoms with van der Waals surface area (Å²) in [6.07, 6.45) is 3.69. The van der Waals surface area contributed by atoms with E-state index in [9.17, 15) is 0 Å². The first-order valence-corrected chi connectivity index (χ1v) is 8.03. The molecule has 0 unspecified atom stereocenters. The minimum Gasteiger partial charge on any atom is -0.381 e. The molecule has 0 bridgehead atoms. The molecule has 108 valence electrons. The predicted octanol–water partition coefficient (Wildman–Crippen LogP) is 1.91. The monoisotopic (exact) mass is 272 g/mol. The summed E-state index contributed by atoms with van der Waals surface area (Å²) < 4.78 is 5.46. The van der Waals surface area contributed by atoms with E-state index in [-0.39, 0.29) is 0 Å². The van der Waals surface area contributed by atoms with E-state index in [1.165, 1.54) is 38.9 Å². The van der Waals surface area contributed by atoms with Crippen LogP contribution < -0.4 is 0 Å². The van der Waals surface area contributed by atoms with Crippen molar-refractivity contribution >= 4 is 0 Å². The number of hydrogen-bond donors (Lipinski definition) is 0. The molecule has 3 nitrogen and oxygen atoms in total. The van der Waals surface area contributed by atoms with Crippen LogP contribution in [-0.2, 0) is 17.7 Å². The number of benzene rings is 1. The average molecular weight is 272 g/mol. The van der Waals surface area contributed by atoms with Crippen LogP contribution in [0.2, 0.25) is 0 Å². The second-order valence-corrected chi connectivity index (χ2v) is 6.44. The molecule has 3 heterocycles. The molecule has 4 rings (SSSR count). The molecule has 0 radical (unpaired) electrons. The Bertz CT molecular complexity index is 464. The van der Waals surface area contributed by atoms with Crippen molar-refractivity contribution in [1.29, 1.82) is 0 Å². The lowest BCUT2D eigenvalue weighted by Gasteiger charge is -2.50. The maximum absolute atomic E-state index is 5.46. The largest absolute Gasteiger partial charge is 0.381 e. The van der Waals surface area contributed by atoms with Crippen LogP contribution in [0.4, 0.5) is 0 Å². The third-order valence-corrected chi connectivity index (χ3v) is 5.27. The summed E-state index contributed by atoms with van der Waals surface area (Å²) in [5, 5.41) is 0. The van der Waals surface area contributed by atoms with E-state index in [0.29, 0.717) is 0 Å². The Morgan fingerprint density at radius 3 is 2.45 bits per heavy atom. The third-order valence-electron chi connectivity index (χ3n) is 5.27. The summed E-state index contributed by atoms with van der Waals surface area (Å²) in [4.78, 5) is 5.37. The Kier molecular flexibility index (Phi) is 3.51. The van der Waals surface area contributed by atoms with Crippen molar-refractivity contribution in [3.63, 3.8) is 0 Å². The van der Waals surface area contributed by atoms with Gasteiger partial charge in [-0.1, -0.05) is 24.3 Å². The van der Waals surface area contributed by atoms with E-state index >= 15 is 0 Å². The van der Waals surface area contributed by atoms with Crippen molar-refractivity contribution in [2.24, 2.45) is 0 Å². The lowest BCUT2D eigenvalue weighted by molar-refractivity contribution is -0.0393. The van der Waals surface area contributed by atoms with Gasteiger partial charge in [0, 0.05) is 51.5 Å². The summed E-state index contributed by atoms with van der Waals surface area (Å²) in [5.74, 6) is 0. The Hall–Kier alpha value is -0.900. The number of ether oxygens (including phenoxy) is 1. The SMILES string of the molecule is c1ccc2c(c1)CCN(C1CN(C3CCOCC3)C1)C2. The van der Waals surface area contributed by atoms with E-state index in [0.717, 1.165) is 31.8 Å². The summed E-state index contributed by atoms with van der Waals surface area (Å²) in [6, 6.07) is 10.5. The molecule has 1 aromatic rings. The molecule has 3 aliphatic heterocycles. The molecule has 0 atom stereocenters. The molecule has 20 heavy (non-hydrogen) atoms. The van der Waals surface area contributed by atoms with Crippen LogP contribution >= 0.6 is 0 Å². The number of nitrogens with zero attached hydrogens (tertiary/aromatic N) is 2. The summed E-state index contributed by atoms with van der Waals surface area (Å²) >= 11 is 0. The quantitative estimate of drug-likeness (QED) is 0.818. The molecule has 0 amide bonds. The highest BCUT2D eigenvalue weighted by Crippen LogP contribution is 2.27. The predicted molar refractivity (Wildman–Crippen MR) is 79.8 cm³/mol. The van der Waals surface area contributed by atoms with Gasteiger partial charge in [-0.2, -0.15) is 0 Å². The average Bonchev–Trinajstić information content (AvgIpc) is 2.47. The van der Waals surface area contributed by atoms with Gasteiger partial charge < -0.3 is 4.74 Å². The summed E-state index contributed by atoms with van der Waals surface area (Å²) in [7, 11) is 0. The number of hydrogen-bond acceptors (Lipinski definition) is 3. The number of rotatable bonds is 2. The molecular formula is C17H24N2O.